The Hall–Kier alpha value is -1.95. The molecule has 0 atom stereocenters. The Morgan fingerprint density at radius 3 is 2.48 bits per heavy atom. The molecule has 0 spiro atoms. The van der Waals surface area contributed by atoms with E-state index in [0.29, 0.717) is 31.2 Å². The lowest BCUT2D eigenvalue weighted by Gasteiger charge is -2.26. The topological polar surface area (TPSA) is 89.6 Å². The lowest BCUT2D eigenvalue weighted by Crippen LogP contribution is -2.26. The van der Waals surface area contributed by atoms with Gasteiger partial charge in [0.1, 0.15) is 5.82 Å². The van der Waals surface area contributed by atoms with Gasteiger partial charge in [-0.1, -0.05) is 6.07 Å². The number of nitrogens with two attached hydrogens (primary N) is 1. The van der Waals surface area contributed by atoms with E-state index in [1.165, 1.54) is 12.1 Å². The van der Waals surface area contributed by atoms with Crippen LogP contribution in [0.2, 0.25) is 0 Å². The number of carbonyl (C=O) groups is 2. The van der Waals surface area contributed by atoms with Crippen molar-refractivity contribution in [3.63, 3.8) is 0 Å². The number of aliphatic carboxylic acids is 1. The fourth-order valence-electron chi connectivity index (χ4n) is 2.50. The second-order valence-electron chi connectivity index (χ2n) is 5.29. The summed E-state index contributed by atoms with van der Waals surface area (Å²) in [5, 5.41) is 8.91. The Morgan fingerprint density at radius 1 is 1.29 bits per heavy atom. The van der Waals surface area contributed by atoms with Gasteiger partial charge in [0, 0.05) is 11.1 Å². The molecule has 0 aliphatic heterocycles. The Morgan fingerprint density at radius 2 is 1.95 bits per heavy atom. The number of carboxylic acid groups (broad SMARTS) is 1. The number of hydrogen-bond acceptors (Lipinski definition) is 3. The minimum absolute atomic E-state index is 0.0455. The maximum atomic E-state index is 13.8. The zero-order valence-electron chi connectivity index (χ0n) is 11.5. The fraction of sp³-hybridized carbons (Fsp3) is 0.467. The first-order valence-electron chi connectivity index (χ1n) is 6.90. The van der Waals surface area contributed by atoms with Gasteiger partial charge in [-0.3, -0.25) is 9.59 Å². The highest BCUT2D eigenvalue weighted by molar-refractivity contribution is 5.92. The molecule has 0 radical (unpaired) electrons. The Kier molecular flexibility index (Phi) is 4.90. The van der Waals surface area contributed by atoms with Crippen molar-refractivity contribution in [1.82, 2.24) is 0 Å². The molecule has 5 nitrogen and oxygen atoms in total. The lowest BCUT2D eigenvalue weighted by atomic mass is 9.87. The summed E-state index contributed by atoms with van der Waals surface area (Å²) in [6, 6.07) is 4.05. The van der Waals surface area contributed by atoms with E-state index in [-0.39, 0.29) is 24.2 Å². The molecular weight excluding hydrogens is 277 g/mol. The largest absolute Gasteiger partial charge is 0.481 e. The predicted octanol–water partition coefficient (Wildman–Crippen LogP) is 2.08. The zero-order valence-corrected chi connectivity index (χ0v) is 11.5. The molecule has 1 fully saturated rings. The van der Waals surface area contributed by atoms with Crippen molar-refractivity contribution in [1.29, 1.82) is 0 Å². The minimum atomic E-state index is -0.762. The van der Waals surface area contributed by atoms with Crippen LogP contribution in [0.15, 0.2) is 18.2 Å². The molecule has 0 unspecified atom stereocenters. The van der Waals surface area contributed by atoms with Crippen LogP contribution in [-0.4, -0.2) is 23.1 Å². The summed E-state index contributed by atoms with van der Waals surface area (Å²) in [7, 11) is 0. The van der Waals surface area contributed by atoms with Gasteiger partial charge in [0.2, 0.25) is 5.91 Å². The molecule has 0 aromatic heterocycles. The molecule has 1 aliphatic carbocycles. The molecule has 1 aliphatic rings. The number of benzene rings is 1. The summed E-state index contributed by atoms with van der Waals surface area (Å²) in [6.07, 6.45) is 2.46. The van der Waals surface area contributed by atoms with Crippen LogP contribution >= 0.6 is 0 Å². The third kappa shape index (κ3) is 4.01. The third-order valence-corrected chi connectivity index (χ3v) is 3.84. The van der Waals surface area contributed by atoms with Crippen LogP contribution in [0, 0.1) is 11.7 Å². The molecule has 6 heteroatoms. The third-order valence-electron chi connectivity index (χ3n) is 3.84. The number of hydrogen-bond donors (Lipinski definition) is 2. The number of amides is 1. The van der Waals surface area contributed by atoms with E-state index in [9.17, 15) is 14.0 Å². The van der Waals surface area contributed by atoms with E-state index in [2.05, 4.69) is 0 Å². The van der Waals surface area contributed by atoms with Crippen LogP contribution in [0.4, 0.5) is 4.39 Å². The van der Waals surface area contributed by atoms with Crippen LogP contribution in [-0.2, 0) is 16.1 Å². The predicted molar refractivity (Wildman–Crippen MR) is 73.1 cm³/mol. The summed E-state index contributed by atoms with van der Waals surface area (Å²) in [5.74, 6) is -2.25. The molecule has 21 heavy (non-hydrogen) atoms. The number of carboxylic acids is 1. The van der Waals surface area contributed by atoms with E-state index in [1.807, 2.05) is 0 Å². The number of halogens is 1. The summed E-state index contributed by atoms with van der Waals surface area (Å²) in [5.41, 5.74) is 5.56. The van der Waals surface area contributed by atoms with Gasteiger partial charge in [0.05, 0.1) is 18.6 Å². The molecular formula is C15H18FNO4. The standard InChI is InChI=1S/C15H18FNO4/c16-13-7-10(14(17)18)1-2-11(13)8-21-12-5-3-9(4-6-12)15(19)20/h1-2,7,9,12H,3-6,8H2,(H2,17,18)(H,19,20). The van der Waals surface area contributed by atoms with Crippen LogP contribution in [0.5, 0.6) is 0 Å². The molecule has 1 saturated carbocycles. The molecule has 1 aromatic carbocycles. The smallest absolute Gasteiger partial charge is 0.306 e. The number of carbonyl (C=O) groups excluding carboxylic acids is 1. The minimum Gasteiger partial charge on any atom is -0.481 e. The average molecular weight is 295 g/mol. The first-order valence-corrected chi connectivity index (χ1v) is 6.90. The summed E-state index contributed by atoms with van der Waals surface area (Å²) >= 11 is 0. The zero-order chi connectivity index (χ0) is 15.4. The average Bonchev–Trinajstić information content (AvgIpc) is 2.46. The van der Waals surface area contributed by atoms with Crippen LogP contribution in [0.3, 0.4) is 0 Å². The van der Waals surface area contributed by atoms with Gasteiger partial charge in [0.15, 0.2) is 0 Å². The number of rotatable bonds is 5. The SMILES string of the molecule is NC(=O)c1ccc(COC2CCC(C(=O)O)CC2)c(F)c1. The van der Waals surface area contributed by atoms with Gasteiger partial charge in [-0.2, -0.15) is 0 Å². The Balaban J connectivity index is 1.87. The van der Waals surface area contributed by atoms with Crippen molar-refractivity contribution in [3.05, 3.63) is 35.1 Å². The Labute approximate surface area is 121 Å². The second kappa shape index (κ2) is 6.67. The van der Waals surface area contributed by atoms with Crippen molar-refractivity contribution < 1.29 is 23.8 Å². The molecule has 1 aromatic rings. The number of primary amides is 1. The normalized spacial score (nSPS) is 22.0. The van der Waals surface area contributed by atoms with E-state index >= 15 is 0 Å². The molecule has 114 valence electrons. The lowest BCUT2D eigenvalue weighted by molar-refractivity contribution is -0.143. The van der Waals surface area contributed by atoms with Gasteiger partial charge in [0.25, 0.3) is 0 Å². The highest BCUT2D eigenvalue weighted by atomic mass is 19.1. The van der Waals surface area contributed by atoms with Gasteiger partial charge in [-0.15, -0.1) is 0 Å². The van der Waals surface area contributed by atoms with Crippen molar-refractivity contribution >= 4 is 11.9 Å². The van der Waals surface area contributed by atoms with Crippen LogP contribution < -0.4 is 5.73 Å². The first-order chi connectivity index (χ1) is 9.97. The van der Waals surface area contributed by atoms with Gasteiger partial charge in [-0.05, 0) is 37.8 Å². The van der Waals surface area contributed by atoms with Gasteiger partial charge >= 0.3 is 5.97 Å². The van der Waals surface area contributed by atoms with Crippen molar-refractivity contribution in [2.75, 3.05) is 0 Å². The Bertz CT molecular complexity index is 538. The summed E-state index contributed by atoms with van der Waals surface area (Å²) in [4.78, 5) is 21.8. The van der Waals surface area contributed by atoms with Crippen LogP contribution in [0.1, 0.15) is 41.6 Å². The maximum absolute atomic E-state index is 13.8. The first kappa shape index (κ1) is 15.4. The molecule has 1 amide bonds. The van der Waals surface area contributed by atoms with Crippen LogP contribution in [0.25, 0.3) is 0 Å². The van der Waals surface area contributed by atoms with Crippen molar-refractivity contribution in [2.45, 2.75) is 38.4 Å². The van der Waals surface area contributed by atoms with E-state index < -0.39 is 17.7 Å². The van der Waals surface area contributed by atoms with E-state index in [1.54, 1.807) is 0 Å². The second-order valence-corrected chi connectivity index (χ2v) is 5.29. The van der Waals surface area contributed by atoms with E-state index in [4.69, 9.17) is 15.6 Å². The highest BCUT2D eigenvalue weighted by Gasteiger charge is 2.26. The molecule has 3 N–H and O–H groups in total. The van der Waals surface area contributed by atoms with Gasteiger partial charge in [-0.25, -0.2) is 4.39 Å². The van der Waals surface area contributed by atoms with Gasteiger partial charge < -0.3 is 15.6 Å². The molecule has 2 rings (SSSR count). The fourth-order valence-corrected chi connectivity index (χ4v) is 2.50. The molecule has 0 bridgehead atoms. The van der Waals surface area contributed by atoms with E-state index in [0.717, 1.165) is 6.07 Å². The molecule has 0 heterocycles. The van der Waals surface area contributed by atoms with Crippen molar-refractivity contribution in [2.24, 2.45) is 11.7 Å². The summed E-state index contributed by atoms with van der Waals surface area (Å²) < 4.78 is 19.4. The highest BCUT2D eigenvalue weighted by Crippen LogP contribution is 2.27. The quantitative estimate of drug-likeness (QED) is 0.870. The number of ether oxygens (including phenoxy) is 1. The monoisotopic (exact) mass is 295 g/mol. The molecule has 0 saturated heterocycles. The summed E-state index contributed by atoms with van der Waals surface area (Å²) in [6.45, 7) is 0.104. The van der Waals surface area contributed by atoms with Crippen molar-refractivity contribution in [3.8, 4) is 0 Å². The maximum Gasteiger partial charge on any atom is 0.306 e.